The lowest BCUT2D eigenvalue weighted by Crippen LogP contribution is -2.44. The summed E-state index contributed by atoms with van der Waals surface area (Å²) in [5.41, 5.74) is 0.252. The Hall–Kier alpha value is -2.38. The lowest BCUT2D eigenvalue weighted by molar-refractivity contribution is -0.157. The van der Waals surface area contributed by atoms with Crippen molar-refractivity contribution in [2.24, 2.45) is 0 Å². The van der Waals surface area contributed by atoms with Gasteiger partial charge in [-0.15, -0.1) is 0 Å². The van der Waals surface area contributed by atoms with Crippen molar-refractivity contribution in [2.75, 3.05) is 13.2 Å². The first-order valence-electron chi connectivity index (χ1n) is 13.4. The molecule has 0 unspecified atom stereocenters. The summed E-state index contributed by atoms with van der Waals surface area (Å²) in [6.45, 7) is 7.04. The molecule has 1 amide bonds. The topological polar surface area (TPSA) is 83.1 Å². The van der Waals surface area contributed by atoms with Crippen molar-refractivity contribution in [3.05, 3.63) is 48.0 Å². The molecule has 1 saturated heterocycles. The second-order valence-electron chi connectivity index (χ2n) is 10.2. The quantitative estimate of drug-likeness (QED) is 0.158. The van der Waals surface area contributed by atoms with E-state index >= 15 is 0 Å². The third kappa shape index (κ3) is 14.2. The second kappa shape index (κ2) is 17.1. The molecule has 1 aromatic carbocycles. The molecule has 1 aliphatic rings. The summed E-state index contributed by atoms with van der Waals surface area (Å²) in [7, 11) is 0. The van der Waals surface area contributed by atoms with Crippen molar-refractivity contribution in [1.29, 1.82) is 0 Å². The Morgan fingerprint density at radius 3 is 2.28 bits per heavy atom. The number of rotatable bonds is 16. The fourth-order valence-corrected chi connectivity index (χ4v) is 3.88. The maximum absolute atomic E-state index is 12.6. The van der Waals surface area contributed by atoms with E-state index in [1.165, 1.54) is 38.5 Å². The maximum Gasteiger partial charge on any atom is 0.408 e. The highest BCUT2D eigenvalue weighted by molar-refractivity contribution is 5.81. The minimum Gasteiger partial charge on any atom is -0.458 e. The summed E-state index contributed by atoms with van der Waals surface area (Å²) >= 11 is 0. The molecule has 1 aromatic rings. The predicted octanol–water partition coefficient (Wildman–Crippen LogP) is 6.45. The average Bonchev–Trinajstić information content (AvgIpc) is 3.36. The van der Waals surface area contributed by atoms with Crippen LogP contribution in [0.3, 0.4) is 0 Å². The van der Waals surface area contributed by atoms with Crippen LogP contribution in [0.1, 0.15) is 90.5 Å². The molecule has 0 saturated carbocycles. The molecular weight excluding hydrogens is 458 g/mol. The van der Waals surface area contributed by atoms with Crippen LogP contribution in [0.5, 0.6) is 0 Å². The molecule has 1 atom stereocenters. The number of allylic oxidation sites excluding steroid dienone is 1. The van der Waals surface area contributed by atoms with E-state index in [9.17, 15) is 9.59 Å². The van der Waals surface area contributed by atoms with Crippen LogP contribution in [0.15, 0.2) is 42.5 Å². The molecule has 1 heterocycles. The lowest BCUT2D eigenvalue weighted by Gasteiger charge is -2.24. The van der Waals surface area contributed by atoms with Gasteiger partial charge in [-0.1, -0.05) is 74.6 Å². The number of unbranched alkanes of at least 4 members (excludes halogenated alkanes) is 7. The minimum absolute atomic E-state index is 0.0295. The van der Waals surface area contributed by atoms with Crippen LogP contribution >= 0.6 is 0 Å². The smallest absolute Gasteiger partial charge is 0.408 e. The summed E-state index contributed by atoms with van der Waals surface area (Å²) in [4.78, 5) is 24.9. The number of esters is 1. The molecule has 7 heteroatoms. The molecule has 1 fully saturated rings. The van der Waals surface area contributed by atoms with Crippen molar-refractivity contribution in [1.82, 2.24) is 5.32 Å². The summed E-state index contributed by atoms with van der Waals surface area (Å²) in [5.74, 6) is -0.463. The standard InChI is InChI=1S/C29H45NO6/c1-29(2,3)36-27(31)25(30-28(32)35-23-24-17-13-12-14-18-24)19-15-10-8-6-4-5-7-9-11-16-20-26-33-21-22-34-26/h10,12-15,17-18,25-26H,4-9,11,16,19-23H2,1-3H3,(H,30,32)/t25-/m0/s1. The molecule has 0 bridgehead atoms. The van der Waals surface area contributed by atoms with Gasteiger partial charge in [0.25, 0.3) is 0 Å². The Morgan fingerprint density at radius 2 is 1.61 bits per heavy atom. The van der Waals surface area contributed by atoms with Gasteiger partial charge in [0, 0.05) is 0 Å². The van der Waals surface area contributed by atoms with Crippen LogP contribution in [-0.2, 0) is 30.3 Å². The molecule has 0 aromatic heterocycles. The maximum atomic E-state index is 12.6. The van der Waals surface area contributed by atoms with Gasteiger partial charge in [-0.25, -0.2) is 9.59 Å². The number of nitrogens with one attached hydrogen (secondary N) is 1. The molecule has 202 valence electrons. The van der Waals surface area contributed by atoms with E-state index in [-0.39, 0.29) is 12.9 Å². The van der Waals surface area contributed by atoms with E-state index in [1.807, 2.05) is 57.2 Å². The molecule has 0 radical (unpaired) electrons. The number of hydrogen-bond donors (Lipinski definition) is 1. The number of carbonyl (C=O) groups is 2. The van der Waals surface area contributed by atoms with E-state index < -0.39 is 23.7 Å². The third-order valence-corrected chi connectivity index (χ3v) is 5.74. The summed E-state index contributed by atoms with van der Waals surface area (Å²) in [6, 6.07) is 8.64. The number of hydrogen-bond acceptors (Lipinski definition) is 6. The van der Waals surface area contributed by atoms with E-state index in [1.54, 1.807) is 0 Å². The van der Waals surface area contributed by atoms with Crippen molar-refractivity contribution in [2.45, 2.75) is 110 Å². The van der Waals surface area contributed by atoms with Gasteiger partial charge in [0.1, 0.15) is 18.2 Å². The fourth-order valence-electron chi connectivity index (χ4n) is 3.88. The summed E-state index contributed by atoms with van der Waals surface area (Å²) in [5, 5.41) is 2.66. The van der Waals surface area contributed by atoms with Gasteiger partial charge < -0.3 is 24.3 Å². The van der Waals surface area contributed by atoms with Crippen LogP contribution in [0.25, 0.3) is 0 Å². The van der Waals surface area contributed by atoms with Crippen LogP contribution in [0.4, 0.5) is 4.79 Å². The number of ether oxygens (including phenoxy) is 4. The van der Waals surface area contributed by atoms with Crippen molar-refractivity contribution in [3.63, 3.8) is 0 Å². The highest BCUT2D eigenvalue weighted by atomic mass is 16.7. The van der Waals surface area contributed by atoms with E-state index in [0.717, 1.165) is 38.0 Å². The Morgan fingerprint density at radius 1 is 0.972 bits per heavy atom. The van der Waals surface area contributed by atoms with Crippen LogP contribution in [-0.4, -0.2) is 43.2 Å². The number of benzene rings is 1. The van der Waals surface area contributed by atoms with Gasteiger partial charge in [-0.3, -0.25) is 0 Å². The average molecular weight is 504 g/mol. The number of carbonyl (C=O) groups excluding carboxylic acids is 2. The van der Waals surface area contributed by atoms with E-state index in [4.69, 9.17) is 18.9 Å². The Bertz CT molecular complexity index is 768. The Kier molecular flexibility index (Phi) is 14.2. The monoisotopic (exact) mass is 503 g/mol. The van der Waals surface area contributed by atoms with Gasteiger partial charge in [-0.05, 0) is 58.4 Å². The minimum atomic E-state index is -0.788. The molecule has 36 heavy (non-hydrogen) atoms. The molecule has 0 spiro atoms. The highest BCUT2D eigenvalue weighted by Gasteiger charge is 2.26. The molecule has 0 aliphatic carbocycles. The van der Waals surface area contributed by atoms with Crippen LogP contribution < -0.4 is 5.32 Å². The highest BCUT2D eigenvalue weighted by Crippen LogP contribution is 2.15. The second-order valence-corrected chi connectivity index (χ2v) is 10.2. The fraction of sp³-hybridized carbons (Fsp3) is 0.655. The first-order valence-corrected chi connectivity index (χ1v) is 13.4. The van der Waals surface area contributed by atoms with Gasteiger partial charge in [0.05, 0.1) is 13.2 Å². The molecule has 1 aliphatic heterocycles. The molecule has 1 N–H and O–H groups in total. The molecule has 2 rings (SSSR count). The zero-order valence-corrected chi connectivity index (χ0v) is 22.3. The zero-order chi connectivity index (χ0) is 26.1. The number of amides is 1. The molecule has 7 nitrogen and oxygen atoms in total. The van der Waals surface area contributed by atoms with E-state index in [0.29, 0.717) is 6.42 Å². The van der Waals surface area contributed by atoms with Gasteiger partial charge in [0.2, 0.25) is 0 Å². The largest absolute Gasteiger partial charge is 0.458 e. The van der Waals surface area contributed by atoms with Crippen LogP contribution in [0.2, 0.25) is 0 Å². The Labute approximate surface area is 216 Å². The van der Waals surface area contributed by atoms with Crippen molar-refractivity contribution >= 4 is 12.1 Å². The van der Waals surface area contributed by atoms with Gasteiger partial charge in [0.15, 0.2) is 6.29 Å². The number of alkyl carbamates (subject to hydrolysis) is 1. The van der Waals surface area contributed by atoms with E-state index in [2.05, 4.69) is 11.4 Å². The SMILES string of the molecule is CC(C)(C)OC(=O)[C@H](CC=CCCCCCCCCCC1OCCO1)NC(=O)OCc1ccccc1. The first kappa shape index (κ1) is 29.8. The lowest BCUT2D eigenvalue weighted by atomic mass is 10.1. The van der Waals surface area contributed by atoms with Gasteiger partial charge >= 0.3 is 12.1 Å². The van der Waals surface area contributed by atoms with Gasteiger partial charge in [-0.2, -0.15) is 0 Å². The summed E-state index contributed by atoms with van der Waals surface area (Å²) < 4.78 is 21.7. The predicted molar refractivity (Wildman–Crippen MR) is 140 cm³/mol. The first-order chi connectivity index (χ1) is 17.3. The van der Waals surface area contributed by atoms with Crippen molar-refractivity contribution in [3.8, 4) is 0 Å². The normalized spacial score (nSPS) is 15.2. The van der Waals surface area contributed by atoms with Crippen molar-refractivity contribution < 1.29 is 28.5 Å². The zero-order valence-electron chi connectivity index (χ0n) is 22.3. The third-order valence-electron chi connectivity index (χ3n) is 5.74. The Balaban J connectivity index is 1.61. The molecular formula is C29H45NO6. The summed E-state index contributed by atoms with van der Waals surface area (Å²) in [6.07, 6.45) is 14.2. The van der Waals surface area contributed by atoms with Crippen LogP contribution in [0, 0.1) is 0 Å².